The first-order valence-corrected chi connectivity index (χ1v) is 9.79. The molecule has 7 nitrogen and oxygen atoms in total. The SMILES string of the molecule is NC(=O)c1ccc2[nH]nc(C=Cc3ccc(F)cc3)c2c1OCCN1CCOCC1. The van der Waals surface area contributed by atoms with Crippen LogP contribution in [0.4, 0.5) is 4.39 Å². The van der Waals surface area contributed by atoms with Gasteiger partial charge in [0.25, 0.3) is 5.91 Å². The minimum absolute atomic E-state index is 0.292. The van der Waals surface area contributed by atoms with Gasteiger partial charge in [0.2, 0.25) is 0 Å². The number of primary amides is 1. The Kier molecular flexibility index (Phi) is 6.06. The van der Waals surface area contributed by atoms with Crippen molar-refractivity contribution in [3.8, 4) is 5.75 Å². The monoisotopic (exact) mass is 410 g/mol. The third kappa shape index (κ3) is 4.50. The first kappa shape index (κ1) is 20.1. The van der Waals surface area contributed by atoms with Gasteiger partial charge in [0, 0.05) is 19.6 Å². The van der Waals surface area contributed by atoms with Crippen LogP contribution < -0.4 is 10.5 Å². The lowest BCUT2D eigenvalue weighted by Crippen LogP contribution is -2.38. The van der Waals surface area contributed by atoms with Crippen LogP contribution in [0.2, 0.25) is 0 Å². The Bertz CT molecular complexity index is 1060. The number of carbonyl (C=O) groups excluding carboxylic acids is 1. The Morgan fingerprint density at radius 2 is 1.97 bits per heavy atom. The van der Waals surface area contributed by atoms with E-state index in [1.807, 2.05) is 6.08 Å². The van der Waals surface area contributed by atoms with Crippen LogP contribution in [0, 0.1) is 5.82 Å². The van der Waals surface area contributed by atoms with E-state index in [0.29, 0.717) is 42.2 Å². The Labute approximate surface area is 173 Å². The number of nitrogens with one attached hydrogen (secondary N) is 1. The van der Waals surface area contributed by atoms with Crippen LogP contribution in [-0.4, -0.2) is 60.5 Å². The lowest BCUT2D eigenvalue weighted by Gasteiger charge is -2.26. The zero-order valence-corrected chi connectivity index (χ0v) is 16.4. The van der Waals surface area contributed by atoms with Crippen LogP contribution in [0.3, 0.4) is 0 Å². The smallest absolute Gasteiger partial charge is 0.252 e. The van der Waals surface area contributed by atoms with Crippen molar-refractivity contribution < 1.29 is 18.7 Å². The summed E-state index contributed by atoms with van der Waals surface area (Å²) in [6.07, 6.45) is 3.62. The summed E-state index contributed by atoms with van der Waals surface area (Å²) in [4.78, 5) is 14.3. The molecule has 4 rings (SSSR count). The third-order valence-corrected chi connectivity index (χ3v) is 5.04. The molecule has 1 saturated heterocycles. The molecule has 30 heavy (non-hydrogen) atoms. The molecule has 1 fully saturated rings. The summed E-state index contributed by atoms with van der Waals surface area (Å²) in [6, 6.07) is 9.54. The highest BCUT2D eigenvalue weighted by Crippen LogP contribution is 2.32. The summed E-state index contributed by atoms with van der Waals surface area (Å²) in [5.74, 6) is -0.437. The van der Waals surface area contributed by atoms with E-state index in [4.69, 9.17) is 15.2 Å². The standard InChI is InChI=1S/C22H23FN4O3/c23-16-4-1-15(2-5-16)3-7-18-20-19(26-25-18)8-6-17(22(24)28)21(20)30-14-11-27-9-12-29-13-10-27/h1-8H,9-14H2,(H2,24,28)(H,25,26). The molecule has 1 amide bonds. The average molecular weight is 410 g/mol. The second kappa shape index (κ2) is 9.06. The summed E-state index contributed by atoms with van der Waals surface area (Å²) in [6.45, 7) is 4.26. The quantitative estimate of drug-likeness (QED) is 0.625. The molecular formula is C22H23FN4O3. The van der Waals surface area contributed by atoms with Gasteiger partial charge in [-0.2, -0.15) is 5.10 Å². The maximum Gasteiger partial charge on any atom is 0.252 e. The van der Waals surface area contributed by atoms with E-state index in [1.165, 1.54) is 12.1 Å². The molecule has 156 valence electrons. The van der Waals surface area contributed by atoms with Gasteiger partial charge in [0.05, 0.1) is 35.4 Å². The molecule has 1 aliphatic heterocycles. The van der Waals surface area contributed by atoms with Gasteiger partial charge in [-0.25, -0.2) is 4.39 Å². The minimum atomic E-state index is -0.562. The van der Waals surface area contributed by atoms with Crippen LogP contribution in [0.1, 0.15) is 21.6 Å². The van der Waals surface area contributed by atoms with E-state index < -0.39 is 5.91 Å². The number of amides is 1. The van der Waals surface area contributed by atoms with Gasteiger partial charge in [0.1, 0.15) is 18.2 Å². The number of nitrogens with two attached hydrogens (primary N) is 1. The van der Waals surface area contributed by atoms with Crippen molar-refractivity contribution in [1.82, 2.24) is 15.1 Å². The fourth-order valence-electron chi connectivity index (χ4n) is 3.42. The summed E-state index contributed by atoms with van der Waals surface area (Å²) in [7, 11) is 0. The zero-order valence-electron chi connectivity index (χ0n) is 16.4. The molecule has 0 bridgehead atoms. The van der Waals surface area contributed by atoms with E-state index >= 15 is 0 Å². The number of fused-ring (bicyclic) bond motifs is 1. The van der Waals surface area contributed by atoms with E-state index in [0.717, 1.165) is 30.7 Å². The Morgan fingerprint density at radius 3 is 2.70 bits per heavy atom. The van der Waals surface area contributed by atoms with Crippen LogP contribution in [-0.2, 0) is 4.74 Å². The molecule has 1 aromatic heterocycles. The second-order valence-corrected chi connectivity index (χ2v) is 7.03. The number of hydrogen-bond acceptors (Lipinski definition) is 5. The molecule has 0 spiro atoms. The molecule has 3 N–H and O–H groups in total. The van der Waals surface area contributed by atoms with E-state index in [1.54, 1.807) is 30.3 Å². The van der Waals surface area contributed by atoms with Gasteiger partial charge in [-0.15, -0.1) is 0 Å². The number of hydrogen-bond donors (Lipinski definition) is 2. The topological polar surface area (TPSA) is 93.5 Å². The molecule has 0 atom stereocenters. The molecule has 8 heteroatoms. The van der Waals surface area contributed by atoms with E-state index in [-0.39, 0.29) is 5.82 Å². The number of aromatic amines is 1. The van der Waals surface area contributed by atoms with Crippen molar-refractivity contribution in [3.63, 3.8) is 0 Å². The Hall–Kier alpha value is -3.23. The van der Waals surface area contributed by atoms with Crippen LogP contribution in [0.5, 0.6) is 5.75 Å². The number of benzene rings is 2. The van der Waals surface area contributed by atoms with Gasteiger partial charge in [0.15, 0.2) is 0 Å². The molecule has 2 heterocycles. The van der Waals surface area contributed by atoms with Gasteiger partial charge in [-0.1, -0.05) is 18.2 Å². The molecule has 1 aliphatic rings. The Balaban J connectivity index is 1.62. The van der Waals surface area contributed by atoms with Crippen molar-refractivity contribution in [1.29, 1.82) is 0 Å². The highest BCUT2D eigenvalue weighted by Gasteiger charge is 2.18. The van der Waals surface area contributed by atoms with E-state index in [2.05, 4.69) is 15.1 Å². The fraction of sp³-hybridized carbons (Fsp3) is 0.273. The molecule has 3 aromatic rings. The van der Waals surface area contributed by atoms with Crippen molar-refractivity contribution in [2.24, 2.45) is 5.73 Å². The number of morpholine rings is 1. The molecule has 0 saturated carbocycles. The highest BCUT2D eigenvalue weighted by molar-refractivity contribution is 6.04. The van der Waals surface area contributed by atoms with Gasteiger partial charge >= 0.3 is 0 Å². The maximum absolute atomic E-state index is 13.1. The Morgan fingerprint density at radius 1 is 1.20 bits per heavy atom. The second-order valence-electron chi connectivity index (χ2n) is 7.03. The lowest BCUT2D eigenvalue weighted by atomic mass is 10.1. The van der Waals surface area contributed by atoms with E-state index in [9.17, 15) is 9.18 Å². The number of aromatic nitrogens is 2. The largest absolute Gasteiger partial charge is 0.491 e. The normalized spacial score (nSPS) is 15.1. The summed E-state index contributed by atoms with van der Waals surface area (Å²) in [5.41, 5.74) is 8.07. The summed E-state index contributed by atoms with van der Waals surface area (Å²) >= 11 is 0. The molecule has 0 radical (unpaired) electrons. The predicted octanol–water partition coefficient (Wildman–Crippen LogP) is 2.68. The van der Waals surface area contributed by atoms with Crippen molar-refractivity contribution in [2.45, 2.75) is 0 Å². The van der Waals surface area contributed by atoms with Gasteiger partial charge < -0.3 is 15.2 Å². The first-order chi connectivity index (χ1) is 14.6. The lowest BCUT2D eigenvalue weighted by molar-refractivity contribution is 0.0323. The number of H-pyrrole nitrogens is 1. The van der Waals surface area contributed by atoms with Gasteiger partial charge in [-0.05, 0) is 35.9 Å². The summed E-state index contributed by atoms with van der Waals surface area (Å²) in [5, 5.41) is 7.99. The highest BCUT2D eigenvalue weighted by atomic mass is 19.1. The van der Waals surface area contributed by atoms with Crippen molar-refractivity contribution in [2.75, 3.05) is 39.5 Å². The number of ether oxygens (including phenoxy) is 2. The molecule has 2 aromatic carbocycles. The van der Waals surface area contributed by atoms with Crippen LogP contribution in [0.15, 0.2) is 36.4 Å². The van der Waals surface area contributed by atoms with Crippen LogP contribution >= 0.6 is 0 Å². The first-order valence-electron chi connectivity index (χ1n) is 9.79. The average Bonchev–Trinajstić information content (AvgIpc) is 3.17. The minimum Gasteiger partial charge on any atom is -0.491 e. The van der Waals surface area contributed by atoms with Crippen molar-refractivity contribution in [3.05, 3.63) is 59.0 Å². The zero-order chi connectivity index (χ0) is 20.9. The third-order valence-electron chi connectivity index (χ3n) is 5.04. The molecular weight excluding hydrogens is 387 g/mol. The molecule has 0 unspecified atom stereocenters. The number of rotatable bonds is 7. The number of nitrogens with zero attached hydrogens (tertiary/aromatic N) is 2. The van der Waals surface area contributed by atoms with Crippen molar-refractivity contribution >= 4 is 29.0 Å². The number of halogens is 1. The predicted molar refractivity (Wildman–Crippen MR) is 113 cm³/mol. The molecule has 0 aliphatic carbocycles. The van der Waals surface area contributed by atoms with Crippen LogP contribution in [0.25, 0.3) is 23.1 Å². The maximum atomic E-state index is 13.1. The number of carbonyl (C=O) groups is 1. The fourth-order valence-corrected chi connectivity index (χ4v) is 3.42. The van der Waals surface area contributed by atoms with Gasteiger partial charge in [-0.3, -0.25) is 14.8 Å². The summed E-state index contributed by atoms with van der Waals surface area (Å²) < 4.78 is 24.5.